The molecule has 0 aromatic heterocycles. The van der Waals surface area contributed by atoms with Crippen LogP contribution in [0.5, 0.6) is 23.0 Å². The Bertz CT molecular complexity index is 1320. The molecular weight excluding hydrogens is 424 g/mol. The number of carboxylic acids is 1. The topological polar surface area (TPSA) is 145 Å². The van der Waals surface area contributed by atoms with Crippen LogP contribution in [0.25, 0.3) is 0 Å². The summed E-state index contributed by atoms with van der Waals surface area (Å²) in [4.78, 5) is 11.5. The predicted octanol–water partition coefficient (Wildman–Crippen LogP) is 3.14. The highest BCUT2D eigenvalue weighted by atomic mass is 32.2. The van der Waals surface area contributed by atoms with Crippen molar-refractivity contribution in [3.05, 3.63) is 65.2 Å². The van der Waals surface area contributed by atoms with Crippen LogP contribution in [0.15, 0.2) is 53.4 Å². The lowest BCUT2D eigenvalue weighted by Gasteiger charge is -2.24. The molecule has 0 bridgehead atoms. The van der Waals surface area contributed by atoms with E-state index in [4.69, 9.17) is 4.74 Å². The number of hydrogen-bond acceptors (Lipinski definition) is 7. The van der Waals surface area contributed by atoms with Crippen molar-refractivity contribution in [1.82, 2.24) is 4.72 Å². The zero-order valence-corrected chi connectivity index (χ0v) is 17.0. The number of aromatic carboxylic acids is 1. The van der Waals surface area contributed by atoms with Crippen molar-refractivity contribution in [1.29, 1.82) is 0 Å². The monoisotopic (exact) mass is 442 g/mol. The fourth-order valence-electron chi connectivity index (χ4n) is 3.27. The second-order valence-electron chi connectivity index (χ2n) is 6.91. The van der Waals surface area contributed by atoms with Crippen LogP contribution in [0.3, 0.4) is 0 Å². The van der Waals surface area contributed by atoms with Crippen LogP contribution in [0, 0.1) is 0 Å². The minimum atomic E-state index is -3.89. The van der Waals surface area contributed by atoms with Crippen LogP contribution in [-0.4, -0.2) is 36.8 Å². The van der Waals surface area contributed by atoms with E-state index in [2.05, 4.69) is 10.0 Å². The van der Waals surface area contributed by atoms with Crippen molar-refractivity contribution in [3.8, 4) is 23.0 Å². The van der Waals surface area contributed by atoms with Gasteiger partial charge < -0.3 is 25.4 Å². The molecule has 0 spiro atoms. The van der Waals surface area contributed by atoms with Crippen molar-refractivity contribution in [2.24, 2.45) is 0 Å². The Morgan fingerprint density at radius 3 is 2.39 bits per heavy atom. The number of rotatable bonds is 5. The molecule has 4 rings (SSSR count). The highest BCUT2D eigenvalue weighted by Crippen LogP contribution is 2.45. The molecule has 0 saturated heterocycles. The molecule has 3 aromatic rings. The van der Waals surface area contributed by atoms with Gasteiger partial charge in [-0.2, -0.15) is 0 Å². The number of benzene rings is 3. The largest absolute Gasteiger partial charge is 0.504 e. The SMILES string of the molecule is CNS(=O)(=O)c1cc2c(c(C(=O)O)c1)Nc1ccc(Cc3ccc(O)c(O)c3)cc1O2. The third-order valence-electron chi connectivity index (χ3n) is 4.86. The van der Waals surface area contributed by atoms with E-state index in [1.807, 2.05) is 6.07 Å². The second kappa shape index (κ2) is 7.49. The molecule has 31 heavy (non-hydrogen) atoms. The second-order valence-corrected chi connectivity index (χ2v) is 8.80. The lowest BCUT2D eigenvalue weighted by molar-refractivity contribution is 0.0697. The van der Waals surface area contributed by atoms with Crippen LogP contribution >= 0.6 is 0 Å². The molecule has 0 amide bonds. The number of aromatic hydroxyl groups is 2. The van der Waals surface area contributed by atoms with E-state index in [0.717, 1.165) is 17.2 Å². The maximum atomic E-state index is 12.2. The molecular formula is C21H18N2O7S. The summed E-state index contributed by atoms with van der Waals surface area (Å²) in [5, 5.41) is 31.7. The van der Waals surface area contributed by atoms with Crippen LogP contribution in [0.1, 0.15) is 21.5 Å². The summed E-state index contributed by atoms with van der Waals surface area (Å²) in [6.07, 6.45) is 0.436. The normalized spacial score (nSPS) is 12.3. The molecule has 9 nitrogen and oxygen atoms in total. The van der Waals surface area contributed by atoms with E-state index >= 15 is 0 Å². The first-order valence-corrected chi connectivity index (χ1v) is 10.6. The van der Waals surface area contributed by atoms with Gasteiger partial charge in [0.2, 0.25) is 10.0 Å². The number of phenolic OH excluding ortho intramolecular Hbond substituents is 2. The van der Waals surface area contributed by atoms with Crippen molar-refractivity contribution in [2.75, 3.05) is 12.4 Å². The molecule has 3 aromatic carbocycles. The average molecular weight is 442 g/mol. The fourth-order valence-corrected chi connectivity index (χ4v) is 4.04. The summed E-state index contributed by atoms with van der Waals surface area (Å²) in [5.41, 5.74) is 2.03. The van der Waals surface area contributed by atoms with Gasteiger partial charge in [-0.3, -0.25) is 0 Å². The predicted molar refractivity (Wildman–Crippen MR) is 112 cm³/mol. The summed E-state index contributed by atoms with van der Waals surface area (Å²) in [7, 11) is -2.65. The average Bonchev–Trinajstić information content (AvgIpc) is 2.74. The van der Waals surface area contributed by atoms with Gasteiger partial charge in [-0.05, 0) is 54.9 Å². The van der Waals surface area contributed by atoms with Crippen molar-refractivity contribution in [2.45, 2.75) is 11.3 Å². The number of carboxylic acid groups (broad SMARTS) is 1. The van der Waals surface area contributed by atoms with Gasteiger partial charge in [-0.15, -0.1) is 0 Å². The lowest BCUT2D eigenvalue weighted by atomic mass is 10.0. The zero-order chi connectivity index (χ0) is 22.3. The highest BCUT2D eigenvalue weighted by molar-refractivity contribution is 7.89. The van der Waals surface area contributed by atoms with Crippen LogP contribution in [-0.2, 0) is 16.4 Å². The Kier molecular flexibility index (Phi) is 4.96. The first-order chi connectivity index (χ1) is 14.7. The van der Waals surface area contributed by atoms with Gasteiger partial charge in [0.15, 0.2) is 23.0 Å². The van der Waals surface area contributed by atoms with E-state index in [-0.39, 0.29) is 33.4 Å². The minimum absolute atomic E-state index is 0.0700. The third-order valence-corrected chi connectivity index (χ3v) is 6.25. The first-order valence-electron chi connectivity index (χ1n) is 9.11. The number of ether oxygens (including phenoxy) is 1. The number of phenols is 2. The van der Waals surface area contributed by atoms with Gasteiger partial charge in [0.05, 0.1) is 21.8 Å². The maximum absolute atomic E-state index is 12.2. The molecule has 0 fully saturated rings. The van der Waals surface area contributed by atoms with E-state index in [1.165, 1.54) is 25.2 Å². The molecule has 5 N–H and O–H groups in total. The number of sulfonamides is 1. The molecule has 10 heteroatoms. The highest BCUT2D eigenvalue weighted by Gasteiger charge is 2.27. The van der Waals surface area contributed by atoms with Crippen molar-refractivity contribution in [3.63, 3.8) is 0 Å². The molecule has 0 aliphatic carbocycles. The Hall–Kier alpha value is -3.76. The molecule has 1 aliphatic rings. The number of carbonyl (C=O) groups is 1. The van der Waals surface area contributed by atoms with Gasteiger partial charge in [0, 0.05) is 6.07 Å². The van der Waals surface area contributed by atoms with Crippen molar-refractivity contribution < 1.29 is 33.3 Å². The fraction of sp³-hybridized carbons (Fsp3) is 0.0952. The van der Waals surface area contributed by atoms with E-state index < -0.39 is 16.0 Å². The molecule has 0 radical (unpaired) electrons. The molecule has 0 unspecified atom stereocenters. The van der Waals surface area contributed by atoms with E-state index in [1.54, 1.807) is 18.2 Å². The van der Waals surface area contributed by atoms with Gasteiger partial charge in [0.25, 0.3) is 0 Å². The molecule has 1 heterocycles. The minimum Gasteiger partial charge on any atom is -0.504 e. The summed E-state index contributed by atoms with van der Waals surface area (Å²) in [6.45, 7) is 0. The van der Waals surface area contributed by atoms with Gasteiger partial charge >= 0.3 is 5.97 Å². The smallest absolute Gasteiger partial charge is 0.338 e. The number of fused-ring (bicyclic) bond motifs is 2. The molecule has 1 aliphatic heterocycles. The Morgan fingerprint density at radius 2 is 1.71 bits per heavy atom. The summed E-state index contributed by atoms with van der Waals surface area (Å²) < 4.78 is 32.4. The summed E-state index contributed by atoms with van der Waals surface area (Å²) >= 11 is 0. The van der Waals surface area contributed by atoms with Crippen LogP contribution in [0.2, 0.25) is 0 Å². The van der Waals surface area contributed by atoms with Gasteiger partial charge in [-0.1, -0.05) is 12.1 Å². The first kappa shape index (κ1) is 20.5. The summed E-state index contributed by atoms with van der Waals surface area (Å²) in [6, 6.07) is 12.1. The number of nitrogens with one attached hydrogen (secondary N) is 2. The van der Waals surface area contributed by atoms with Gasteiger partial charge in [-0.25, -0.2) is 17.9 Å². The van der Waals surface area contributed by atoms with Gasteiger partial charge in [0.1, 0.15) is 0 Å². The summed E-state index contributed by atoms with van der Waals surface area (Å²) in [5.74, 6) is -1.27. The molecule has 0 atom stereocenters. The standard InChI is InChI=1S/C21H18N2O7S/c1-22-31(28,29)13-9-14(21(26)27)20-19(10-13)30-18-8-12(2-4-15(18)23-20)6-11-3-5-16(24)17(25)7-11/h2-5,7-10,22-25H,6H2,1H3,(H,26,27). The third kappa shape index (κ3) is 3.86. The maximum Gasteiger partial charge on any atom is 0.338 e. The lowest BCUT2D eigenvalue weighted by Crippen LogP contribution is -2.20. The number of anilines is 2. The molecule has 160 valence electrons. The van der Waals surface area contributed by atoms with E-state index in [0.29, 0.717) is 17.9 Å². The number of hydrogen-bond donors (Lipinski definition) is 5. The Morgan fingerprint density at radius 1 is 1.00 bits per heavy atom. The zero-order valence-electron chi connectivity index (χ0n) is 16.2. The molecule has 0 saturated carbocycles. The quantitative estimate of drug-likeness (QED) is 0.296. The van der Waals surface area contributed by atoms with E-state index in [9.17, 15) is 28.5 Å². The Labute approximate surface area is 177 Å². The van der Waals surface area contributed by atoms with Crippen molar-refractivity contribution >= 4 is 27.4 Å². The van der Waals surface area contributed by atoms with Crippen LogP contribution < -0.4 is 14.8 Å². The Balaban J connectivity index is 1.71. The van der Waals surface area contributed by atoms with Crippen LogP contribution in [0.4, 0.5) is 11.4 Å².